The van der Waals surface area contributed by atoms with Gasteiger partial charge >= 0.3 is 0 Å². The summed E-state index contributed by atoms with van der Waals surface area (Å²) in [5, 5.41) is 2.37. The van der Waals surface area contributed by atoms with E-state index in [2.05, 4.69) is 15.0 Å². The van der Waals surface area contributed by atoms with E-state index in [1.165, 1.54) is 11.8 Å². The summed E-state index contributed by atoms with van der Waals surface area (Å²) in [6.07, 6.45) is 1.60. The number of aromatic amines is 1. The van der Waals surface area contributed by atoms with Gasteiger partial charge in [0.05, 0.1) is 28.4 Å². The van der Waals surface area contributed by atoms with Crippen molar-refractivity contribution < 1.29 is 4.42 Å². The zero-order valence-corrected chi connectivity index (χ0v) is 16.4. The van der Waals surface area contributed by atoms with Crippen molar-refractivity contribution in [1.29, 1.82) is 0 Å². The Bertz CT molecular complexity index is 1390. The van der Waals surface area contributed by atoms with Gasteiger partial charge in [0.1, 0.15) is 10.9 Å². The van der Waals surface area contributed by atoms with E-state index in [9.17, 15) is 4.79 Å². The van der Waals surface area contributed by atoms with Gasteiger partial charge in [-0.25, -0.2) is 15.0 Å². The van der Waals surface area contributed by atoms with Gasteiger partial charge in [-0.3, -0.25) is 4.79 Å². The fourth-order valence-corrected chi connectivity index (χ4v) is 4.12. The summed E-state index contributed by atoms with van der Waals surface area (Å²) in [5.74, 6) is 2.25. The van der Waals surface area contributed by atoms with Gasteiger partial charge in [0.25, 0.3) is 5.56 Å². The number of hydrogen-bond donors (Lipinski definition) is 1. The minimum absolute atomic E-state index is 0.127. The molecule has 0 aliphatic heterocycles. The molecule has 0 unspecified atom stereocenters. The van der Waals surface area contributed by atoms with E-state index in [1.54, 1.807) is 12.3 Å². The second-order valence-corrected chi connectivity index (χ2v) is 7.58. The van der Waals surface area contributed by atoms with Crippen LogP contribution in [0.1, 0.15) is 11.4 Å². The fourth-order valence-electron chi connectivity index (χ4n) is 3.23. The average molecular weight is 400 g/mol. The first-order chi connectivity index (χ1) is 14.2. The number of nitrogens with zero attached hydrogens (tertiary/aromatic N) is 3. The van der Waals surface area contributed by atoms with Crippen molar-refractivity contribution in [3.05, 3.63) is 82.6 Å². The summed E-state index contributed by atoms with van der Waals surface area (Å²) in [6.45, 7) is 1.96. The van der Waals surface area contributed by atoms with Gasteiger partial charge in [-0.2, -0.15) is 0 Å². The third-order valence-electron chi connectivity index (χ3n) is 4.64. The van der Waals surface area contributed by atoms with Crippen LogP contribution in [0, 0.1) is 6.92 Å². The number of benzene rings is 2. The minimum atomic E-state index is -0.127. The van der Waals surface area contributed by atoms with E-state index in [0.29, 0.717) is 28.5 Å². The third kappa shape index (κ3) is 3.30. The molecule has 142 valence electrons. The van der Waals surface area contributed by atoms with Crippen LogP contribution >= 0.6 is 11.8 Å². The smallest absolute Gasteiger partial charge is 0.258 e. The molecule has 0 saturated carbocycles. The lowest BCUT2D eigenvalue weighted by molar-refractivity contribution is 0.577. The van der Waals surface area contributed by atoms with Crippen LogP contribution in [0.3, 0.4) is 0 Å². The molecule has 3 heterocycles. The number of rotatable bonds is 4. The SMILES string of the molecule is Cc1cccc2c(=O)[nH]c(CSc3nc(-c4ccco4)nc4ccccc34)nc12. The van der Waals surface area contributed by atoms with Gasteiger partial charge in [0, 0.05) is 5.39 Å². The van der Waals surface area contributed by atoms with Crippen LogP contribution in [0.25, 0.3) is 33.4 Å². The maximum absolute atomic E-state index is 12.4. The molecule has 0 aliphatic rings. The molecule has 3 aromatic heterocycles. The van der Waals surface area contributed by atoms with Crippen molar-refractivity contribution in [2.24, 2.45) is 0 Å². The topological polar surface area (TPSA) is 84.7 Å². The number of para-hydroxylation sites is 2. The Balaban J connectivity index is 1.55. The van der Waals surface area contributed by atoms with Crippen molar-refractivity contribution in [2.45, 2.75) is 17.7 Å². The summed E-state index contributed by atoms with van der Waals surface area (Å²) in [4.78, 5) is 29.3. The summed E-state index contributed by atoms with van der Waals surface area (Å²) in [5.41, 5.74) is 2.42. The van der Waals surface area contributed by atoms with Crippen LogP contribution in [0.2, 0.25) is 0 Å². The molecule has 0 spiro atoms. The molecule has 6 nitrogen and oxygen atoms in total. The van der Waals surface area contributed by atoms with Crippen molar-refractivity contribution >= 4 is 33.6 Å². The van der Waals surface area contributed by atoms with E-state index in [0.717, 1.165) is 27.0 Å². The van der Waals surface area contributed by atoms with Crippen LogP contribution in [0.5, 0.6) is 0 Å². The second-order valence-electron chi connectivity index (χ2n) is 6.62. The lowest BCUT2D eigenvalue weighted by Gasteiger charge is -2.08. The lowest BCUT2D eigenvalue weighted by atomic mass is 10.1. The first-order valence-electron chi connectivity index (χ1n) is 9.11. The van der Waals surface area contributed by atoms with Gasteiger partial charge in [-0.15, -0.1) is 0 Å². The van der Waals surface area contributed by atoms with Crippen molar-refractivity contribution in [2.75, 3.05) is 0 Å². The molecule has 0 atom stereocenters. The molecule has 2 aromatic carbocycles. The first kappa shape index (κ1) is 17.6. The number of fused-ring (bicyclic) bond motifs is 2. The highest BCUT2D eigenvalue weighted by Gasteiger charge is 2.13. The minimum Gasteiger partial charge on any atom is -0.461 e. The average Bonchev–Trinajstić information content (AvgIpc) is 3.28. The molecular weight excluding hydrogens is 384 g/mol. The molecule has 1 N–H and O–H groups in total. The molecule has 0 radical (unpaired) electrons. The fraction of sp³-hybridized carbons (Fsp3) is 0.0909. The molecule has 0 aliphatic carbocycles. The zero-order chi connectivity index (χ0) is 19.8. The predicted octanol–water partition coefficient (Wildman–Crippen LogP) is 4.73. The van der Waals surface area contributed by atoms with E-state index < -0.39 is 0 Å². The van der Waals surface area contributed by atoms with Crippen molar-refractivity contribution in [1.82, 2.24) is 19.9 Å². The highest BCUT2D eigenvalue weighted by atomic mass is 32.2. The monoisotopic (exact) mass is 400 g/mol. The Hall–Kier alpha value is -3.45. The molecule has 0 fully saturated rings. The van der Waals surface area contributed by atoms with E-state index >= 15 is 0 Å². The number of H-pyrrole nitrogens is 1. The van der Waals surface area contributed by atoms with Crippen LogP contribution in [-0.2, 0) is 5.75 Å². The summed E-state index contributed by atoms with van der Waals surface area (Å²) in [6, 6.07) is 17.1. The van der Waals surface area contributed by atoms with Gasteiger partial charge in [-0.1, -0.05) is 42.1 Å². The number of aryl methyl sites for hydroxylation is 1. The maximum Gasteiger partial charge on any atom is 0.258 e. The molecule has 7 heteroatoms. The summed E-state index contributed by atoms with van der Waals surface area (Å²) >= 11 is 1.51. The number of aromatic nitrogens is 4. The van der Waals surface area contributed by atoms with Gasteiger partial charge in [-0.05, 0) is 36.8 Å². The number of hydrogen-bond acceptors (Lipinski definition) is 6. The molecule has 29 heavy (non-hydrogen) atoms. The standard InChI is InChI=1S/C22H16N4O2S/c1-13-6-4-8-15-19(13)24-18(25-21(15)27)12-29-22-14-7-2-3-9-16(14)23-20(26-22)17-10-5-11-28-17/h2-11H,12H2,1H3,(H,24,25,27). The lowest BCUT2D eigenvalue weighted by Crippen LogP contribution is -2.11. The Morgan fingerprint density at radius 1 is 0.966 bits per heavy atom. The van der Waals surface area contributed by atoms with Crippen LogP contribution in [0.4, 0.5) is 0 Å². The van der Waals surface area contributed by atoms with Crippen LogP contribution in [0.15, 0.2) is 75.1 Å². The van der Waals surface area contributed by atoms with Crippen molar-refractivity contribution in [3.63, 3.8) is 0 Å². The first-order valence-corrected chi connectivity index (χ1v) is 10.1. The third-order valence-corrected chi connectivity index (χ3v) is 5.64. The maximum atomic E-state index is 12.4. The molecule has 0 saturated heterocycles. The quantitative estimate of drug-likeness (QED) is 0.347. The van der Waals surface area contributed by atoms with Crippen LogP contribution < -0.4 is 5.56 Å². The van der Waals surface area contributed by atoms with Gasteiger partial charge in [0.15, 0.2) is 11.6 Å². The highest BCUT2D eigenvalue weighted by molar-refractivity contribution is 7.98. The largest absolute Gasteiger partial charge is 0.461 e. The van der Waals surface area contributed by atoms with Crippen LogP contribution in [-0.4, -0.2) is 19.9 Å². The number of nitrogens with one attached hydrogen (secondary N) is 1. The highest BCUT2D eigenvalue weighted by Crippen LogP contribution is 2.30. The zero-order valence-electron chi connectivity index (χ0n) is 15.5. The Kier molecular flexibility index (Phi) is 4.37. The Labute approximate surface area is 170 Å². The van der Waals surface area contributed by atoms with E-state index in [-0.39, 0.29) is 5.56 Å². The van der Waals surface area contributed by atoms with Gasteiger partial charge < -0.3 is 9.40 Å². The molecule has 0 amide bonds. The number of thioether (sulfide) groups is 1. The Morgan fingerprint density at radius 2 is 1.83 bits per heavy atom. The second kappa shape index (κ2) is 7.18. The van der Waals surface area contributed by atoms with E-state index in [4.69, 9.17) is 9.40 Å². The molecular formula is C22H16N4O2S. The van der Waals surface area contributed by atoms with Gasteiger partial charge in [0.2, 0.25) is 0 Å². The van der Waals surface area contributed by atoms with Crippen molar-refractivity contribution in [3.8, 4) is 11.6 Å². The predicted molar refractivity (Wildman–Crippen MR) is 114 cm³/mol. The summed E-state index contributed by atoms with van der Waals surface area (Å²) < 4.78 is 5.47. The molecule has 0 bridgehead atoms. The molecule has 5 aromatic rings. The normalized spacial score (nSPS) is 11.3. The Morgan fingerprint density at radius 3 is 2.69 bits per heavy atom. The molecule has 5 rings (SSSR count). The van der Waals surface area contributed by atoms with E-state index in [1.807, 2.05) is 55.5 Å². The summed E-state index contributed by atoms with van der Waals surface area (Å²) in [7, 11) is 0. The number of furan rings is 1.